The molecule has 0 atom stereocenters. The van der Waals surface area contributed by atoms with E-state index in [2.05, 4.69) is 0 Å². The monoisotopic (exact) mass is 225 g/mol. The molecule has 0 amide bonds. The SMILES string of the molecule is CN(CCCCC(=O)O)c1cccc(F)c1. The van der Waals surface area contributed by atoms with E-state index in [0.717, 1.165) is 18.7 Å². The van der Waals surface area contributed by atoms with Gasteiger partial charge >= 0.3 is 5.97 Å². The molecule has 16 heavy (non-hydrogen) atoms. The normalized spacial score (nSPS) is 10.1. The van der Waals surface area contributed by atoms with E-state index in [1.165, 1.54) is 12.1 Å². The zero-order valence-corrected chi connectivity index (χ0v) is 9.32. The van der Waals surface area contributed by atoms with Gasteiger partial charge in [-0.15, -0.1) is 0 Å². The minimum Gasteiger partial charge on any atom is -0.481 e. The summed E-state index contributed by atoms with van der Waals surface area (Å²) in [5.41, 5.74) is 0.815. The number of nitrogens with zero attached hydrogens (tertiary/aromatic N) is 1. The second kappa shape index (κ2) is 6.10. The molecule has 0 saturated heterocycles. The molecule has 1 N–H and O–H groups in total. The summed E-state index contributed by atoms with van der Waals surface area (Å²) in [6.45, 7) is 0.733. The lowest BCUT2D eigenvalue weighted by atomic mass is 10.2. The van der Waals surface area contributed by atoms with E-state index >= 15 is 0 Å². The van der Waals surface area contributed by atoms with Gasteiger partial charge in [0, 0.05) is 25.7 Å². The van der Waals surface area contributed by atoms with Gasteiger partial charge in [0.1, 0.15) is 5.82 Å². The molecule has 88 valence electrons. The Kier molecular flexibility index (Phi) is 4.76. The molecule has 0 aromatic heterocycles. The van der Waals surface area contributed by atoms with Crippen molar-refractivity contribution in [2.75, 3.05) is 18.5 Å². The van der Waals surface area contributed by atoms with Crippen LogP contribution in [-0.4, -0.2) is 24.7 Å². The Bertz CT molecular complexity index is 355. The Morgan fingerprint density at radius 3 is 2.81 bits per heavy atom. The fourth-order valence-corrected chi connectivity index (χ4v) is 1.47. The van der Waals surface area contributed by atoms with Crippen molar-refractivity contribution in [1.29, 1.82) is 0 Å². The first-order valence-electron chi connectivity index (χ1n) is 5.28. The Labute approximate surface area is 94.5 Å². The van der Waals surface area contributed by atoms with Crippen molar-refractivity contribution in [2.45, 2.75) is 19.3 Å². The van der Waals surface area contributed by atoms with Gasteiger partial charge in [-0.2, -0.15) is 0 Å². The van der Waals surface area contributed by atoms with E-state index in [4.69, 9.17) is 5.11 Å². The molecule has 0 unspecified atom stereocenters. The lowest BCUT2D eigenvalue weighted by molar-refractivity contribution is -0.137. The first-order chi connectivity index (χ1) is 7.59. The van der Waals surface area contributed by atoms with Crippen LogP contribution in [0.15, 0.2) is 24.3 Å². The van der Waals surface area contributed by atoms with Crippen molar-refractivity contribution in [2.24, 2.45) is 0 Å². The minimum absolute atomic E-state index is 0.191. The third-order valence-corrected chi connectivity index (χ3v) is 2.38. The predicted molar refractivity (Wildman–Crippen MR) is 61.2 cm³/mol. The van der Waals surface area contributed by atoms with Gasteiger partial charge in [0.15, 0.2) is 0 Å². The maximum Gasteiger partial charge on any atom is 0.303 e. The lowest BCUT2D eigenvalue weighted by Crippen LogP contribution is -2.18. The van der Waals surface area contributed by atoms with Crippen LogP contribution < -0.4 is 4.90 Å². The van der Waals surface area contributed by atoms with Crippen molar-refractivity contribution < 1.29 is 14.3 Å². The van der Waals surface area contributed by atoms with E-state index in [-0.39, 0.29) is 12.2 Å². The van der Waals surface area contributed by atoms with Crippen LogP contribution in [0.25, 0.3) is 0 Å². The van der Waals surface area contributed by atoms with Crippen LogP contribution in [0.2, 0.25) is 0 Å². The molecule has 0 saturated carbocycles. The summed E-state index contributed by atoms with van der Waals surface area (Å²) < 4.78 is 12.9. The summed E-state index contributed by atoms with van der Waals surface area (Å²) in [5, 5.41) is 8.47. The van der Waals surface area contributed by atoms with Crippen molar-refractivity contribution >= 4 is 11.7 Å². The quantitative estimate of drug-likeness (QED) is 0.756. The minimum atomic E-state index is -0.770. The first kappa shape index (κ1) is 12.5. The number of anilines is 1. The van der Waals surface area contributed by atoms with Gasteiger partial charge in [0.2, 0.25) is 0 Å². The highest BCUT2D eigenvalue weighted by molar-refractivity contribution is 5.66. The molecule has 0 fully saturated rings. The first-order valence-corrected chi connectivity index (χ1v) is 5.28. The zero-order chi connectivity index (χ0) is 12.0. The van der Waals surface area contributed by atoms with Crippen LogP contribution in [-0.2, 0) is 4.79 Å². The van der Waals surface area contributed by atoms with Gasteiger partial charge in [-0.1, -0.05) is 6.07 Å². The molecule has 1 aromatic carbocycles. The zero-order valence-electron chi connectivity index (χ0n) is 9.32. The molecule has 0 heterocycles. The molecule has 0 bridgehead atoms. The van der Waals surface area contributed by atoms with Crippen LogP contribution in [0.4, 0.5) is 10.1 Å². The number of halogens is 1. The molecular weight excluding hydrogens is 209 g/mol. The molecule has 1 aromatic rings. The summed E-state index contributed by atoms with van der Waals surface area (Å²) in [5.74, 6) is -1.02. The number of aliphatic carboxylic acids is 1. The molecular formula is C12H16FNO2. The molecule has 1 rings (SSSR count). The number of benzene rings is 1. The summed E-state index contributed by atoms with van der Waals surface area (Å²) in [6.07, 6.45) is 1.63. The Balaban J connectivity index is 2.35. The third-order valence-electron chi connectivity index (χ3n) is 2.38. The van der Waals surface area contributed by atoms with E-state index in [9.17, 15) is 9.18 Å². The fourth-order valence-electron chi connectivity index (χ4n) is 1.47. The van der Waals surface area contributed by atoms with Gasteiger partial charge < -0.3 is 10.0 Å². The molecule has 4 heteroatoms. The van der Waals surface area contributed by atoms with Gasteiger partial charge in [0.05, 0.1) is 0 Å². The highest BCUT2D eigenvalue weighted by atomic mass is 19.1. The summed E-state index contributed by atoms with van der Waals surface area (Å²) >= 11 is 0. The number of rotatable bonds is 6. The largest absolute Gasteiger partial charge is 0.481 e. The molecule has 0 spiro atoms. The van der Waals surface area contributed by atoms with Crippen LogP contribution in [0.1, 0.15) is 19.3 Å². The summed E-state index contributed by atoms with van der Waals surface area (Å²) in [4.78, 5) is 12.2. The molecule has 0 aliphatic heterocycles. The van der Waals surface area contributed by atoms with Crippen LogP contribution in [0, 0.1) is 5.82 Å². The number of carboxylic acid groups (broad SMARTS) is 1. The Morgan fingerprint density at radius 2 is 2.19 bits per heavy atom. The number of carboxylic acids is 1. The van der Waals surface area contributed by atoms with Crippen molar-refractivity contribution in [1.82, 2.24) is 0 Å². The molecule has 0 radical (unpaired) electrons. The summed E-state index contributed by atoms with van der Waals surface area (Å²) in [7, 11) is 1.87. The third kappa shape index (κ3) is 4.29. The van der Waals surface area contributed by atoms with Crippen molar-refractivity contribution in [3.8, 4) is 0 Å². The number of hydrogen-bond acceptors (Lipinski definition) is 2. The van der Waals surface area contributed by atoms with E-state index in [1.54, 1.807) is 6.07 Å². The second-order valence-electron chi connectivity index (χ2n) is 3.75. The average molecular weight is 225 g/mol. The van der Waals surface area contributed by atoms with E-state index < -0.39 is 5.97 Å². The maximum absolute atomic E-state index is 12.9. The number of carbonyl (C=O) groups is 1. The van der Waals surface area contributed by atoms with Gasteiger partial charge in [0.25, 0.3) is 0 Å². The lowest BCUT2D eigenvalue weighted by Gasteiger charge is -2.18. The van der Waals surface area contributed by atoms with Gasteiger partial charge in [-0.25, -0.2) is 4.39 Å². The maximum atomic E-state index is 12.9. The van der Waals surface area contributed by atoms with Gasteiger partial charge in [-0.3, -0.25) is 4.79 Å². The Hall–Kier alpha value is -1.58. The predicted octanol–water partition coefficient (Wildman–Crippen LogP) is 2.52. The highest BCUT2D eigenvalue weighted by Crippen LogP contribution is 2.14. The second-order valence-corrected chi connectivity index (χ2v) is 3.75. The fraction of sp³-hybridized carbons (Fsp3) is 0.417. The standard InChI is InChI=1S/C12H16FNO2/c1-14(8-3-2-7-12(15)16)11-6-4-5-10(13)9-11/h4-6,9H,2-3,7-8H2,1H3,(H,15,16). The van der Waals surface area contributed by atoms with Crippen LogP contribution >= 0.6 is 0 Å². The summed E-state index contributed by atoms with van der Waals surface area (Å²) in [6, 6.07) is 6.37. The average Bonchev–Trinajstić information content (AvgIpc) is 2.24. The number of unbranched alkanes of at least 4 members (excludes halogenated alkanes) is 1. The molecule has 3 nitrogen and oxygen atoms in total. The van der Waals surface area contributed by atoms with E-state index in [1.807, 2.05) is 18.0 Å². The number of hydrogen-bond donors (Lipinski definition) is 1. The van der Waals surface area contributed by atoms with Gasteiger partial charge in [-0.05, 0) is 31.0 Å². The topological polar surface area (TPSA) is 40.5 Å². The van der Waals surface area contributed by atoms with Crippen LogP contribution in [0.3, 0.4) is 0 Å². The van der Waals surface area contributed by atoms with Crippen LogP contribution in [0.5, 0.6) is 0 Å². The highest BCUT2D eigenvalue weighted by Gasteiger charge is 2.02. The van der Waals surface area contributed by atoms with Crippen molar-refractivity contribution in [3.63, 3.8) is 0 Å². The Morgan fingerprint density at radius 1 is 1.44 bits per heavy atom. The van der Waals surface area contributed by atoms with Crippen molar-refractivity contribution in [3.05, 3.63) is 30.1 Å². The molecule has 0 aliphatic carbocycles. The molecule has 0 aliphatic rings. The van der Waals surface area contributed by atoms with E-state index in [0.29, 0.717) is 6.42 Å². The smallest absolute Gasteiger partial charge is 0.303 e.